The Hall–Kier alpha value is -2.48. The van der Waals surface area contributed by atoms with Crippen LogP contribution in [0.4, 0.5) is 5.69 Å². The first kappa shape index (κ1) is 15.4. The van der Waals surface area contributed by atoms with Crippen LogP contribution in [0.5, 0.6) is 0 Å². The molecule has 0 radical (unpaired) electrons. The lowest BCUT2D eigenvalue weighted by atomic mass is 10.1. The minimum atomic E-state index is -0.486. The number of fused-ring (bicyclic) bond motifs is 1. The van der Waals surface area contributed by atoms with Gasteiger partial charge in [-0.15, -0.1) is 0 Å². The van der Waals surface area contributed by atoms with Crippen molar-refractivity contribution in [3.8, 4) is 0 Å². The SMILES string of the molecule is O=C(c1n[nH]c2ccc([N+](=O)[O-])cc12)N1CCCC1CCCO. The number of nitrogens with zero attached hydrogens (tertiary/aromatic N) is 3. The molecule has 8 heteroatoms. The molecule has 122 valence electrons. The predicted molar refractivity (Wildman–Crippen MR) is 83.1 cm³/mol. The van der Waals surface area contributed by atoms with Crippen LogP contribution in [-0.2, 0) is 0 Å². The molecular weight excluding hydrogens is 300 g/mol. The number of hydrogen-bond donors (Lipinski definition) is 2. The Bertz CT molecular complexity index is 742. The number of aromatic amines is 1. The topological polar surface area (TPSA) is 112 Å². The molecule has 1 aromatic heterocycles. The van der Waals surface area contributed by atoms with Crippen molar-refractivity contribution in [2.45, 2.75) is 31.7 Å². The fraction of sp³-hybridized carbons (Fsp3) is 0.467. The fourth-order valence-electron chi connectivity index (χ4n) is 3.14. The van der Waals surface area contributed by atoms with E-state index in [9.17, 15) is 14.9 Å². The molecular formula is C15H18N4O4. The number of amides is 1. The highest BCUT2D eigenvalue weighted by atomic mass is 16.6. The third kappa shape index (κ3) is 2.89. The second-order valence-electron chi connectivity index (χ2n) is 5.72. The van der Waals surface area contributed by atoms with Crippen molar-refractivity contribution in [2.24, 2.45) is 0 Å². The van der Waals surface area contributed by atoms with Crippen LogP contribution in [0.1, 0.15) is 36.2 Å². The van der Waals surface area contributed by atoms with Gasteiger partial charge < -0.3 is 10.0 Å². The van der Waals surface area contributed by atoms with Gasteiger partial charge in [0.05, 0.1) is 10.4 Å². The van der Waals surface area contributed by atoms with Crippen molar-refractivity contribution in [3.63, 3.8) is 0 Å². The highest BCUT2D eigenvalue weighted by Crippen LogP contribution is 2.27. The van der Waals surface area contributed by atoms with Gasteiger partial charge in [0.25, 0.3) is 11.6 Å². The average molecular weight is 318 g/mol. The zero-order valence-electron chi connectivity index (χ0n) is 12.6. The first-order valence-electron chi connectivity index (χ1n) is 7.66. The van der Waals surface area contributed by atoms with E-state index in [1.807, 2.05) is 0 Å². The standard InChI is InChI=1S/C15H18N4O4/c20-8-2-4-10-3-1-7-18(10)15(21)14-12-9-11(19(22)23)5-6-13(12)16-17-14/h5-6,9-10,20H,1-4,7-8H2,(H,16,17). The summed E-state index contributed by atoms with van der Waals surface area (Å²) in [6.45, 7) is 0.758. The van der Waals surface area contributed by atoms with E-state index in [0.29, 0.717) is 23.9 Å². The maximum Gasteiger partial charge on any atom is 0.275 e. The number of aliphatic hydroxyl groups excluding tert-OH is 1. The van der Waals surface area contributed by atoms with E-state index in [2.05, 4.69) is 10.2 Å². The first-order chi connectivity index (χ1) is 11.1. The lowest BCUT2D eigenvalue weighted by molar-refractivity contribution is -0.384. The van der Waals surface area contributed by atoms with Gasteiger partial charge in [-0.2, -0.15) is 5.10 Å². The molecule has 1 amide bonds. The van der Waals surface area contributed by atoms with Crippen LogP contribution in [0, 0.1) is 10.1 Å². The molecule has 2 heterocycles. The zero-order chi connectivity index (χ0) is 16.4. The maximum atomic E-state index is 12.8. The van der Waals surface area contributed by atoms with Crippen LogP contribution < -0.4 is 0 Å². The summed E-state index contributed by atoms with van der Waals surface area (Å²) in [6, 6.07) is 4.42. The van der Waals surface area contributed by atoms with Gasteiger partial charge in [-0.3, -0.25) is 20.0 Å². The quantitative estimate of drug-likeness (QED) is 0.645. The molecule has 2 N–H and O–H groups in total. The zero-order valence-corrected chi connectivity index (χ0v) is 12.6. The van der Waals surface area contributed by atoms with Gasteiger partial charge in [-0.05, 0) is 31.7 Å². The van der Waals surface area contributed by atoms with Gasteiger partial charge in [0, 0.05) is 36.7 Å². The van der Waals surface area contributed by atoms with Gasteiger partial charge in [0.2, 0.25) is 0 Å². The molecule has 8 nitrogen and oxygen atoms in total. The molecule has 0 aliphatic carbocycles. The second-order valence-corrected chi connectivity index (χ2v) is 5.72. The Kier molecular flexibility index (Phi) is 4.24. The number of nitro groups is 1. The number of carbonyl (C=O) groups is 1. The van der Waals surface area contributed by atoms with Crippen molar-refractivity contribution in [1.82, 2.24) is 15.1 Å². The molecule has 1 aliphatic heterocycles. The number of hydrogen-bond acceptors (Lipinski definition) is 5. The van der Waals surface area contributed by atoms with Crippen LogP contribution in [0.15, 0.2) is 18.2 Å². The van der Waals surface area contributed by atoms with E-state index >= 15 is 0 Å². The average Bonchev–Trinajstić information content (AvgIpc) is 3.18. The third-order valence-electron chi connectivity index (χ3n) is 4.29. The lowest BCUT2D eigenvalue weighted by Gasteiger charge is -2.23. The molecule has 3 rings (SSSR count). The molecule has 1 aromatic carbocycles. The number of aliphatic hydroxyl groups is 1. The number of nitrogens with one attached hydrogen (secondary N) is 1. The molecule has 1 aliphatic rings. The minimum absolute atomic E-state index is 0.0637. The van der Waals surface area contributed by atoms with Gasteiger partial charge >= 0.3 is 0 Å². The van der Waals surface area contributed by atoms with Crippen LogP contribution in [-0.4, -0.2) is 50.2 Å². The summed E-state index contributed by atoms with van der Waals surface area (Å²) in [4.78, 5) is 25.0. The van der Waals surface area contributed by atoms with Crippen LogP contribution in [0.25, 0.3) is 10.9 Å². The molecule has 1 fully saturated rings. The second kappa shape index (κ2) is 6.33. The summed E-state index contributed by atoms with van der Waals surface area (Å²) in [5.74, 6) is -0.211. The molecule has 0 spiro atoms. The number of rotatable bonds is 5. The monoisotopic (exact) mass is 318 g/mol. The molecule has 0 saturated carbocycles. The summed E-state index contributed by atoms with van der Waals surface area (Å²) < 4.78 is 0. The van der Waals surface area contributed by atoms with E-state index < -0.39 is 4.92 Å². The highest BCUT2D eigenvalue weighted by molar-refractivity contribution is 6.05. The van der Waals surface area contributed by atoms with Crippen molar-refractivity contribution in [2.75, 3.05) is 13.2 Å². The van der Waals surface area contributed by atoms with E-state index in [1.165, 1.54) is 12.1 Å². The van der Waals surface area contributed by atoms with E-state index in [-0.39, 0.29) is 29.9 Å². The summed E-state index contributed by atoms with van der Waals surface area (Å²) in [6.07, 6.45) is 3.24. The smallest absolute Gasteiger partial charge is 0.275 e. The number of benzene rings is 1. The van der Waals surface area contributed by atoms with Crippen molar-refractivity contribution >= 4 is 22.5 Å². The number of nitro benzene ring substituents is 1. The number of aromatic nitrogens is 2. The van der Waals surface area contributed by atoms with E-state index in [1.54, 1.807) is 11.0 Å². The molecule has 1 atom stereocenters. The summed E-state index contributed by atoms with van der Waals surface area (Å²) in [7, 11) is 0. The number of H-pyrrole nitrogens is 1. The van der Waals surface area contributed by atoms with Gasteiger partial charge in [-0.1, -0.05) is 0 Å². The summed E-state index contributed by atoms with van der Waals surface area (Å²) in [5, 5.41) is 27.2. The Balaban J connectivity index is 1.91. The van der Waals surface area contributed by atoms with Gasteiger partial charge in [-0.25, -0.2) is 0 Å². The molecule has 23 heavy (non-hydrogen) atoms. The molecule has 2 aromatic rings. The van der Waals surface area contributed by atoms with Crippen molar-refractivity contribution in [1.29, 1.82) is 0 Å². The first-order valence-corrected chi connectivity index (χ1v) is 7.66. The number of carbonyl (C=O) groups excluding carboxylic acids is 1. The van der Waals surface area contributed by atoms with E-state index in [4.69, 9.17) is 5.11 Å². The number of non-ortho nitro benzene ring substituents is 1. The molecule has 1 saturated heterocycles. The molecule has 1 unspecified atom stereocenters. The maximum absolute atomic E-state index is 12.8. The fourth-order valence-corrected chi connectivity index (χ4v) is 3.14. The highest BCUT2D eigenvalue weighted by Gasteiger charge is 2.31. The van der Waals surface area contributed by atoms with E-state index in [0.717, 1.165) is 19.3 Å². The Labute approximate surface area is 132 Å². The lowest BCUT2D eigenvalue weighted by Crippen LogP contribution is -2.36. The van der Waals surface area contributed by atoms with Crippen LogP contribution in [0.2, 0.25) is 0 Å². The normalized spacial score (nSPS) is 17.8. The van der Waals surface area contributed by atoms with Gasteiger partial charge in [0.15, 0.2) is 5.69 Å². The summed E-state index contributed by atoms with van der Waals surface area (Å²) in [5.41, 5.74) is 0.760. The summed E-state index contributed by atoms with van der Waals surface area (Å²) >= 11 is 0. The third-order valence-corrected chi connectivity index (χ3v) is 4.29. The van der Waals surface area contributed by atoms with Crippen LogP contribution in [0.3, 0.4) is 0 Å². The Morgan fingerprint density at radius 1 is 1.52 bits per heavy atom. The molecule has 0 bridgehead atoms. The Morgan fingerprint density at radius 2 is 2.35 bits per heavy atom. The number of likely N-dealkylation sites (tertiary alicyclic amines) is 1. The van der Waals surface area contributed by atoms with Crippen molar-refractivity contribution < 1.29 is 14.8 Å². The largest absolute Gasteiger partial charge is 0.396 e. The minimum Gasteiger partial charge on any atom is -0.396 e. The van der Waals surface area contributed by atoms with Gasteiger partial charge in [0.1, 0.15) is 0 Å². The van der Waals surface area contributed by atoms with Crippen LogP contribution >= 0.6 is 0 Å². The van der Waals surface area contributed by atoms with Crippen molar-refractivity contribution in [3.05, 3.63) is 34.0 Å². The Morgan fingerprint density at radius 3 is 3.09 bits per heavy atom. The predicted octanol–water partition coefficient (Wildman–Crippen LogP) is 1.85.